The SMILES string of the molecule is [O]C1O[C@@H]2COC(c3ccccc3)O[C@H]2[C@H](O)[C@H]1O. The normalized spacial score (nSPS) is 42.7. The van der Waals surface area contributed by atoms with Crippen LogP contribution >= 0.6 is 0 Å². The Morgan fingerprint density at radius 2 is 1.79 bits per heavy atom. The van der Waals surface area contributed by atoms with Crippen LogP contribution in [0.5, 0.6) is 0 Å². The van der Waals surface area contributed by atoms with Gasteiger partial charge in [-0.1, -0.05) is 30.3 Å². The minimum Gasteiger partial charge on any atom is -0.387 e. The van der Waals surface area contributed by atoms with Crippen molar-refractivity contribution in [3.05, 3.63) is 35.9 Å². The second-order valence-electron chi connectivity index (χ2n) is 4.70. The lowest BCUT2D eigenvalue weighted by atomic mass is 9.98. The lowest BCUT2D eigenvalue weighted by Crippen LogP contribution is -2.61. The quantitative estimate of drug-likeness (QED) is 0.746. The van der Waals surface area contributed by atoms with Crippen molar-refractivity contribution in [2.45, 2.75) is 37.0 Å². The Morgan fingerprint density at radius 1 is 1.05 bits per heavy atom. The first-order chi connectivity index (χ1) is 9.16. The first kappa shape index (κ1) is 13.0. The van der Waals surface area contributed by atoms with Crippen molar-refractivity contribution < 1.29 is 29.5 Å². The molecule has 0 aromatic heterocycles. The molecule has 103 valence electrons. The van der Waals surface area contributed by atoms with Gasteiger partial charge in [0.15, 0.2) is 6.29 Å². The molecule has 2 heterocycles. The molecule has 6 nitrogen and oxygen atoms in total. The molecule has 2 aliphatic heterocycles. The van der Waals surface area contributed by atoms with Crippen LogP contribution in [0.1, 0.15) is 11.9 Å². The second kappa shape index (κ2) is 5.16. The average Bonchev–Trinajstić information content (AvgIpc) is 2.46. The zero-order valence-corrected chi connectivity index (χ0v) is 10.1. The maximum Gasteiger partial charge on any atom is 0.220 e. The third-order valence-corrected chi connectivity index (χ3v) is 3.41. The molecule has 0 bridgehead atoms. The third kappa shape index (κ3) is 2.38. The monoisotopic (exact) mass is 267 g/mol. The lowest BCUT2D eigenvalue weighted by Gasteiger charge is -2.44. The topological polar surface area (TPSA) is 88.1 Å². The number of hydrogen-bond donors (Lipinski definition) is 2. The van der Waals surface area contributed by atoms with Crippen LogP contribution in [0.3, 0.4) is 0 Å². The molecule has 0 amide bonds. The fraction of sp³-hybridized carbons (Fsp3) is 0.538. The van der Waals surface area contributed by atoms with Gasteiger partial charge in [0.2, 0.25) is 6.29 Å². The Hall–Kier alpha value is -1.02. The molecule has 1 aromatic carbocycles. The van der Waals surface area contributed by atoms with E-state index in [0.717, 1.165) is 5.56 Å². The molecule has 6 atom stereocenters. The molecule has 3 rings (SSSR count). The summed E-state index contributed by atoms with van der Waals surface area (Å²) in [6, 6.07) is 9.26. The Kier molecular flexibility index (Phi) is 3.53. The molecule has 2 unspecified atom stereocenters. The zero-order chi connectivity index (χ0) is 13.4. The van der Waals surface area contributed by atoms with Gasteiger partial charge >= 0.3 is 0 Å². The minimum absolute atomic E-state index is 0.146. The highest BCUT2D eigenvalue weighted by Crippen LogP contribution is 2.33. The van der Waals surface area contributed by atoms with E-state index < -0.39 is 37.0 Å². The molecule has 2 aliphatic rings. The summed E-state index contributed by atoms with van der Waals surface area (Å²) in [6.07, 6.45) is -6.47. The Bertz CT molecular complexity index is 422. The minimum atomic E-state index is -1.67. The van der Waals surface area contributed by atoms with Gasteiger partial charge in [-0.15, -0.1) is 0 Å². The first-order valence-electron chi connectivity index (χ1n) is 6.16. The van der Waals surface area contributed by atoms with E-state index in [2.05, 4.69) is 0 Å². The number of rotatable bonds is 1. The molecule has 19 heavy (non-hydrogen) atoms. The Morgan fingerprint density at radius 3 is 2.53 bits per heavy atom. The number of benzene rings is 1. The summed E-state index contributed by atoms with van der Waals surface area (Å²) in [5.74, 6) is 0. The van der Waals surface area contributed by atoms with Gasteiger partial charge in [-0.3, -0.25) is 0 Å². The Labute approximate surface area is 110 Å². The summed E-state index contributed by atoms with van der Waals surface area (Å²) in [5, 5.41) is 30.8. The number of aliphatic hydroxyl groups is 2. The molecule has 1 radical (unpaired) electrons. The van der Waals surface area contributed by atoms with E-state index in [9.17, 15) is 15.3 Å². The van der Waals surface area contributed by atoms with Crippen molar-refractivity contribution in [1.29, 1.82) is 0 Å². The van der Waals surface area contributed by atoms with Crippen LogP contribution in [0.4, 0.5) is 0 Å². The first-order valence-corrected chi connectivity index (χ1v) is 6.16. The van der Waals surface area contributed by atoms with Crippen molar-refractivity contribution in [3.8, 4) is 0 Å². The molecule has 2 N–H and O–H groups in total. The molecule has 0 spiro atoms. The Balaban J connectivity index is 1.75. The van der Waals surface area contributed by atoms with Crippen molar-refractivity contribution >= 4 is 0 Å². The molecule has 2 saturated heterocycles. The van der Waals surface area contributed by atoms with Crippen molar-refractivity contribution in [3.63, 3.8) is 0 Å². The van der Waals surface area contributed by atoms with Gasteiger partial charge in [-0.25, -0.2) is 0 Å². The van der Waals surface area contributed by atoms with Gasteiger partial charge in [0, 0.05) is 5.56 Å². The van der Waals surface area contributed by atoms with Gasteiger partial charge < -0.3 is 24.4 Å². The molecule has 6 heteroatoms. The maximum atomic E-state index is 11.4. The molecule has 0 saturated carbocycles. The van der Waals surface area contributed by atoms with Crippen molar-refractivity contribution in [2.24, 2.45) is 0 Å². The van der Waals surface area contributed by atoms with Crippen LogP contribution in [0, 0.1) is 0 Å². The van der Waals surface area contributed by atoms with Crippen molar-refractivity contribution in [1.82, 2.24) is 0 Å². The predicted octanol–water partition coefficient (Wildman–Crippen LogP) is -0.0222. The molecule has 1 aromatic rings. The second-order valence-corrected chi connectivity index (χ2v) is 4.70. The lowest BCUT2D eigenvalue weighted by molar-refractivity contribution is -0.363. The number of fused-ring (bicyclic) bond motifs is 1. The predicted molar refractivity (Wildman–Crippen MR) is 61.4 cm³/mol. The highest BCUT2D eigenvalue weighted by Gasteiger charge is 2.48. The third-order valence-electron chi connectivity index (χ3n) is 3.41. The summed E-state index contributed by atoms with van der Waals surface area (Å²) in [5.41, 5.74) is 0.812. The van der Waals surface area contributed by atoms with E-state index in [1.54, 1.807) is 0 Å². The van der Waals surface area contributed by atoms with E-state index in [0.29, 0.717) is 0 Å². The number of aliphatic hydroxyl groups excluding tert-OH is 2. The standard InChI is InChI=1S/C13H15O6/c14-9-10(15)12(16)18-8-6-17-13(19-11(8)9)7-4-2-1-3-5-7/h1-5,8-15H,6H2/t8-,9-,10-,11-,12?,13?/m1/s1. The van der Waals surface area contributed by atoms with Gasteiger partial charge in [0.25, 0.3) is 0 Å². The van der Waals surface area contributed by atoms with Crippen molar-refractivity contribution in [2.75, 3.05) is 6.61 Å². The summed E-state index contributed by atoms with van der Waals surface area (Å²) in [7, 11) is 0. The smallest absolute Gasteiger partial charge is 0.220 e. The number of hydrogen-bond acceptors (Lipinski definition) is 5. The van der Waals surface area contributed by atoms with Crippen LogP contribution in [-0.2, 0) is 19.3 Å². The van der Waals surface area contributed by atoms with Gasteiger partial charge in [0.1, 0.15) is 24.4 Å². The van der Waals surface area contributed by atoms with Crippen LogP contribution in [0.2, 0.25) is 0 Å². The van der Waals surface area contributed by atoms with E-state index in [1.807, 2.05) is 30.3 Å². The summed E-state index contributed by atoms with van der Waals surface area (Å²) in [4.78, 5) is 0. The van der Waals surface area contributed by atoms with Gasteiger partial charge in [-0.2, -0.15) is 5.11 Å². The van der Waals surface area contributed by atoms with Crippen LogP contribution in [-0.4, -0.2) is 47.5 Å². The summed E-state index contributed by atoms with van der Waals surface area (Å²) in [6.45, 7) is 0.146. The van der Waals surface area contributed by atoms with Crippen LogP contribution in [0.25, 0.3) is 0 Å². The van der Waals surface area contributed by atoms with Crippen LogP contribution in [0.15, 0.2) is 30.3 Å². The zero-order valence-electron chi connectivity index (χ0n) is 10.1. The maximum absolute atomic E-state index is 11.4. The van der Waals surface area contributed by atoms with E-state index in [-0.39, 0.29) is 6.61 Å². The average molecular weight is 267 g/mol. The fourth-order valence-electron chi connectivity index (χ4n) is 2.36. The molecule has 2 fully saturated rings. The van der Waals surface area contributed by atoms with Gasteiger partial charge in [0.05, 0.1) is 6.61 Å². The fourth-order valence-corrected chi connectivity index (χ4v) is 2.36. The van der Waals surface area contributed by atoms with E-state index >= 15 is 0 Å². The molecular formula is C13H15O6. The summed E-state index contributed by atoms with van der Waals surface area (Å²) < 4.78 is 16.1. The van der Waals surface area contributed by atoms with E-state index in [1.165, 1.54) is 0 Å². The van der Waals surface area contributed by atoms with Crippen LogP contribution < -0.4 is 0 Å². The highest BCUT2D eigenvalue weighted by molar-refractivity contribution is 5.16. The van der Waals surface area contributed by atoms with Gasteiger partial charge in [-0.05, 0) is 0 Å². The van der Waals surface area contributed by atoms with E-state index in [4.69, 9.17) is 14.2 Å². The number of ether oxygens (including phenoxy) is 3. The largest absolute Gasteiger partial charge is 0.387 e. The molecular weight excluding hydrogens is 252 g/mol. The summed E-state index contributed by atoms with van der Waals surface area (Å²) >= 11 is 0. The molecule has 0 aliphatic carbocycles. The highest BCUT2D eigenvalue weighted by atomic mass is 16.7.